The summed E-state index contributed by atoms with van der Waals surface area (Å²) in [6.45, 7) is 0. The summed E-state index contributed by atoms with van der Waals surface area (Å²) in [4.78, 5) is 20.7. The maximum absolute atomic E-state index is 11.0. The molecule has 0 aliphatic carbocycles. The van der Waals surface area contributed by atoms with E-state index >= 15 is 0 Å². The highest BCUT2D eigenvalue weighted by Gasteiger charge is 2.22. The second kappa shape index (κ2) is 6.45. The normalized spacial score (nSPS) is 11.9. The van der Waals surface area contributed by atoms with Gasteiger partial charge < -0.3 is 0 Å². The Morgan fingerprint density at radius 3 is 2.05 bits per heavy atom. The molecule has 0 fully saturated rings. The topological polar surface area (TPSA) is 86.3 Å². The maximum atomic E-state index is 11.0. The highest BCUT2D eigenvalue weighted by atomic mass is 79.9. The summed E-state index contributed by atoms with van der Waals surface area (Å²) < 4.78 is 0. The Morgan fingerprint density at radius 2 is 1.43 bits per heavy atom. The van der Waals surface area contributed by atoms with Gasteiger partial charge in [0.2, 0.25) is 0 Å². The molecule has 1 unspecified atom stereocenters. The molecule has 0 radical (unpaired) electrons. The van der Waals surface area contributed by atoms with Gasteiger partial charge in [0, 0.05) is 23.3 Å². The Bertz CT molecular complexity index is 690. The summed E-state index contributed by atoms with van der Waals surface area (Å²) in [5, 5.41) is 22.0. The molecule has 1 atom stereocenters. The van der Waals surface area contributed by atoms with Gasteiger partial charge in [0.1, 0.15) is 0 Å². The van der Waals surface area contributed by atoms with E-state index in [1.165, 1.54) is 12.1 Å². The first-order valence-electron chi connectivity index (χ1n) is 6.10. The molecule has 0 aromatic heterocycles. The van der Waals surface area contributed by atoms with E-state index in [9.17, 15) is 20.2 Å². The highest BCUT2D eigenvalue weighted by molar-refractivity contribution is 9.09. The van der Waals surface area contributed by atoms with Crippen LogP contribution in [-0.2, 0) is 6.42 Å². The number of para-hydroxylation sites is 2. The van der Waals surface area contributed by atoms with Gasteiger partial charge in [-0.25, -0.2) is 0 Å². The van der Waals surface area contributed by atoms with Gasteiger partial charge in [-0.1, -0.05) is 52.3 Å². The monoisotopic (exact) mass is 350 g/mol. The first-order chi connectivity index (χ1) is 10.0. The number of nitro groups is 2. The molecule has 0 N–H and O–H groups in total. The third-order valence-electron chi connectivity index (χ3n) is 3.06. The van der Waals surface area contributed by atoms with Crippen molar-refractivity contribution in [3.05, 3.63) is 79.9 Å². The fraction of sp³-hybridized carbons (Fsp3) is 0.143. The third-order valence-corrected chi connectivity index (χ3v) is 3.88. The van der Waals surface area contributed by atoms with Gasteiger partial charge >= 0.3 is 0 Å². The van der Waals surface area contributed by atoms with Crippen molar-refractivity contribution in [3.8, 4) is 0 Å². The van der Waals surface area contributed by atoms with Crippen LogP contribution < -0.4 is 0 Å². The van der Waals surface area contributed by atoms with E-state index in [0.29, 0.717) is 17.5 Å². The molecule has 0 spiro atoms. The van der Waals surface area contributed by atoms with Crippen LogP contribution in [0.5, 0.6) is 0 Å². The van der Waals surface area contributed by atoms with Crippen LogP contribution in [-0.4, -0.2) is 9.85 Å². The Morgan fingerprint density at radius 1 is 0.905 bits per heavy atom. The van der Waals surface area contributed by atoms with E-state index in [0.717, 1.165) is 0 Å². The van der Waals surface area contributed by atoms with E-state index in [1.807, 2.05) is 0 Å². The van der Waals surface area contributed by atoms with Crippen molar-refractivity contribution < 1.29 is 9.85 Å². The number of nitrogens with zero attached hydrogens (tertiary/aromatic N) is 2. The Balaban J connectivity index is 2.33. The van der Waals surface area contributed by atoms with E-state index in [4.69, 9.17) is 0 Å². The van der Waals surface area contributed by atoms with Gasteiger partial charge in [-0.2, -0.15) is 0 Å². The molecule has 108 valence electrons. The standard InChI is InChI=1S/C14H11BrN2O4/c15-12(11-6-2-4-8-14(11)17(20)21)9-10-5-1-3-7-13(10)16(18)19/h1-8,12H,9H2. The quantitative estimate of drug-likeness (QED) is 0.459. The summed E-state index contributed by atoms with van der Waals surface area (Å²) >= 11 is 3.40. The number of hydrogen-bond donors (Lipinski definition) is 0. The van der Waals surface area contributed by atoms with Gasteiger partial charge in [-0.15, -0.1) is 0 Å². The zero-order valence-electron chi connectivity index (χ0n) is 10.8. The molecule has 0 saturated heterocycles. The molecule has 0 saturated carbocycles. The molecule has 0 heterocycles. The lowest BCUT2D eigenvalue weighted by Crippen LogP contribution is -2.02. The molecule has 2 aromatic carbocycles. The largest absolute Gasteiger partial charge is 0.273 e. The smallest absolute Gasteiger partial charge is 0.258 e. The first-order valence-corrected chi connectivity index (χ1v) is 7.02. The SMILES string of the molecule is O=[N+]([O-])c1ccccc1CC(Br)c1ccccc1[N+](=O)[O-]. The minimum absolute atomic E-state index is 0.00189. The van der Waals surface area contributed by atoms with Crippen LogP contribution in [0.1, 0.15) is 16.0 Å². The average Bonchev–Trinajstić information content (AvgIpc) is 2.47. The van der Waals surface area contributed by atoms with Crippen LogP contribution in [0.2, 0.25) is 0 Å². The van der Waals surface area contributed by atoms with E-state index < -0.39 is 9.85 Å². The molecule has 0 amide bonds. The van der Waals surface area contributed by atoms with Crippen LogP contribution in [0.4, 0.5) is 11.4 Å². The fourth-order valence-electron chi connectivity index (χ4n) is 2.08. The van der Waals surface area contributed by atoms with Crippen molar-refractivity contribution in [1.82, 2.24) is 0 Å². The molecular weight excluding hydrogens is 340 g/mol. The first kappa shape index (κ1) is 15.1. The zero-order valence-corrected chi connectivity index (χ0v) is 12.4. The number of nitro benzene ring substituents is 2. The van der Waals surface area contributed by atoms with Crippen LogP contribution in [0.3, 0.4) is 0 Å². The van der Waals surface area contributed by atoms with Gasteiger partial charge in [0.15, 0.2) is 0 Å². The van der Waals surface area contributed by atoms with Crippen molar-refractivity contribution in [2.75, 3.05) is 0 Å². The number of rotatable bonds is 5. The Hall–Kier alpha value is -2.28. The van der Waals surface area contributed by atoms with Gasteiger partial charge in [0.05, 0.1) is 14.7 Å². The minimum atomic E-state index is -0.455. The van der Waals surface area contributed by atoms with Crippen molar-refractivity contribution in [1.29, 1.82) is 0 Å². The lowest BCUT2D eigenvalue weighted by Gasteiger charge is -2.11. The summed E-state index contributed by atoms with van der Waals surface area (Å²) in [6.07, 6.45) is 0.294. The van der Waals surface area contributed by atoms with Crippen molar-refractivity contribution in [3.63, 3.8) is 0 Å². The van der Waals surface area contributed by atoms with Gasteiger partial charge in [0.25, 0.3) is 11.4 Å². The summed E-state index contributed by atoms with van der Waals surface area (Å²) in [6, 6.07) is 12.7. The van der Waals surface area contributed by atoms with Crippen molar-refractivity contribution in [2.24, 2.45) is 0 Å². The maximum Gasteiger partial charge on any atom is 0.273 e. The molecule has 0 aliphatic rings. The molecule has 0 aliphatic heterocycles. The number of hydrogen-bond acceptors (Lipinski definition) is 4. The molecule has 6 nitrogen and oxygen atoms in total. The average molecular weight is 351 g/mol. The van der Waals surface area contributed by atoms with E-state index in [-0.39, 0.29) is 16.2 Å². The second-order valence-corrected chi connectivity index (χ2v) is 5.48. The van der Waals surface area contributed by atoms with Crippen molar-refractivity contribution >= 4 is 27.3 Å². The molecule has 21 heavy (non-hydrogen) atoms. The number of alkyl halides is 1. The van der Waals surface area contributed by atoms with E-state index in [1.54, 1.807) is 36.4 Å². The second-order valence-electron chi connectivity index (χ2n) is 4.37. The predicted molar refractivity (Wildman–Crippen MR) is 81.6 cm³/mol. The zero-order chi connectivity index (χ0) is 15.4. The summed E-state index contributed by atoms with van der Waals surface area (Å²) in [5.74, 6) is 0. The fourth-order valence-corrected chi connectivity index (χ4v) is 2.82. The number of halogens is 1. The summed E-state index contributed by atoms with van der Waals surface area (Å²) in [7, 11) is 0. The summed E-state index contributed by atoms with van der Waals surface area (Å²) in [5.41, 5.74) is 1.04. The molecule has 2 aromatic rings. The Labute approximate surface area is 128 Å². The lowest BCUT2D eigenvalue weighted by molar-refractivity contribution is -0.386. The van der Waals surface area contributed by atoms with Gasteiger partial charge in [-0.05, 0) is 6.42 Å². The van der Waals surface area contributed by atoms with Crippen LogP contribution in [0.25, 0.3) is 0 Å². The lowest BCUT2D eigenvalue weighted by atomic mass is 10.0. The molecule has 2 rings (SSSR count). The van der Waals surface area contributed by atoms with Crippen LogP contribution in [0, 0.1) is 20.2 Å². The third kappa shape index (κ3) is 3.43. The van der Waals surface area contributed by atoms with Crippen LogP contribution >= 0.6 is 15.9 Å². The Kier molecular flexibility index (Phi) is 4.64. The molecular formula is C14H11BrN2O4. The van der Waals surface area contributed by atoms with Crippen LogP contribution in [0.15, 0.2) is 48.5 Å². The number of benzene rings is 2. The molecule has 0 bridgehead atoms. The minimum Gasteiger partial charge on any atom is -0.258 e. The van der Waals surface area contributed by atoms with Crippen molar-refractivity contribution in [2.45, 2.75) is 11.2 Å². The highest BCUT2D eigenvalue weighted by Crippen LogP contribution is 2.35. The van der Waals surface area contributed by atoms with Gasteiger partial charge in [-0.3, -0.25) is 20.2 Å². The van der Waals surface area contributed by atoms with E-state index in [2.05, 4.69) is 15.9 Å². The molecule has 7 heteroatoms. The predicted octanol–water partition coefficient (Wildman–Crippen LogP) is 4.18.